The lowest BCUT2D eigenvalue weighted by Gasteiger charge is -2.26. The molecule has 0 radical (unpaired) electrons. The highest BCUT2D eigenvalue weighted by Gasteiger charge is 2.34. The van der Waals surface area contributed by atoms with Gasteiger partial charge in [0.2, 0.25) is 23.5 Å². The van der Waals surface area contributed by atoms with Crippen molar-refractivity contribution in [3.63, 3.8) is 0 Å². The number of nitrogens with one attached hydrogen (secondary N) is 4. The molecule has 1 fully saturated rings. The molecule has 4 N–H and O–H groups in total. The van der Waals surface area contributed by atoms with Crippen molar-refractivity contribution in [3.8, 4) is 0 Å². The molecule has 9 nitrogen and oxygen atoms in total. The number of hydrogen-bond acceptors (Lipinski definition) is 6. The molecule has 1 aliphatic rings. The van der Waals surface area contributed by atoms with Crippen LogP contribution in [-0.2, 0) is 30.4 Å². The van der Waals surface area contributed by atoms with Crippen LogP contribution in [0.2, 0.25) is 0 Å². The van der Waals surface area contributed by atoms with Gasteiger partial charge in [-0.1, -0.05) is 44.2 Å². The highest BCUT2D eigenvalue weighted by atomic mass is 32.2. The van der Waals surface area contributed by atoms with Crippen molar-refractivity contribution in [2.75, 3.05) is 12.0 Å². The van der Waals surface area contributed by atoms with Crippen molar-refractivity contribution in [3.05, 3.63) is 35.9 Å². The maximum atomic E-state index is 13.2. The van der Waals surface area contributed by atoms with Gasteiger partial charge in [0.15, 0.2) is 0 Å². The minimum Gasteiger partial charge on any atom is -0.347 e. The van der Waals surface area contributed by atoms with E-state index in [0.717, 1.165) is 18.4 Å². The van der Waals surface area contributed by atoms with Gasteiger partial charge < -0.3 is 21.3 Å². The van der Waals surface area contributed by atoms with Gasteiger partial charge >= 0.3 is 0 Å². The molecule has 0 saturated heterocycles. The zero-order valence-electron chi connectivity index (χ0n) is 21.5. The van der Waals surface area contributed by atoms with Crippen LogP contribution >= 0.6 is 11.8 Å². The monoisotopic (exact) mass is 518 g/mol. The van der Waals surface area contributed by atoms with Crippen LogP contribution in [0.4, 0.5) is 0 Å². The van der Waals surface area contributed by atoms with Gasteiger partial charge in [0, 0.05) is 19.4 Å². The van der Waals surface area contributed by atoms with Gasteiger partial charge in [0.1, 0.15) is 12.1 Å². The Hall–Kier alpha value is -2.88. The number of rotatable bonds is 15. The summed E-state index contributed by atoms with van der Waals surface area (Å²) >= 11 is 1.51. The minimum atomic E-state index is -0.981. The van der Waals surface area contributed by atoms with E-state index < -0.39 is 41.6 Å². The van der Waals surface area contributed by atoms with Gasteiger partial charge in [-0.3, -0.25) is 24.0 Å². The third-order valence-corrected chi connectivity index (χ3v) is 6.34. The second kappa shape index (κ2) is 14.6. The summed E-state index contributed by atoms with van der Waals surface area (Å²) in [5.74, 6) is -2.12. The Balaban J connectivity index is 2.13. The maximum Gasteiger partial charge on any atom is 0.289 e. The lowest BCUT2D eigenvalue weighted by Crippen LogP contribution is -2.57. The Kier molecular flexibility index (Phi) is 11.9. The van der Waals surface area contributed by atoms with E-state index in [4.69, 9.17) is 0 Å². The van der Waals surface area contributed by atoms with Crippen molar-refractivity contribution < 1.29 is 24.0 Å². The van der Waals surface area contributed by atoms with Gasteiger partial charge in [-0.2, -0.15) is 11.8 Å². The summed E-state index contributed by atoms with van der Waals surface area (Å²) in [5, 5.41) is 10.8. The number of ketones is 1. The SMILES string of the molecule is CSCC[C@H](NC(=O)[C@H](CC(C)C)NC(=O)[C@H](Cc1ccccc1)NC(C)=O)C(=O)C(=O)NC1CC1. The van der Waals surface area contributed by atoms with Crippen LogP contribution in [0.1, 0.15) is 52.0 Å². The molecule has 1 aromatic rings. The van der Waals surface area contributed by atoms with Crippen LogP contribution in [-0.4, -0.2) is 65.6 Å². The first kappa shape index (κ1) is 29.4. The lowest BCUT2D eigenvalue weighted by molar-refractivity contribution is -0.140. The van der Waals surface area contributed by atoms with E-state index in [1.807, 2.05) is 50.4 Å². The fourth-order valence-corrected chi connectivity index (χ4v) is 4.17. The molecule has 2 rings (SSSR count). The van der Waals surface area contributed by atoms with Crippen molar-refractivity contribution in [2.24, 2.45) is 5.92 Å². The molecular weight excluding hydrogens is 480 g/mol. The maximum absolute atomic E-state index is 13.2. The zero-order valence-corrected chi connectivity index (χ0v) is 22.3. The average molecular weight is 519 g/mol. The van der Waals surface area contributed by atoms with Crippen molar-refractivity contribution in [1.82, 2.24) is 21.3 Å². The number of benzene rings is 1. The molecule has 3 atom stereocenters. The first-order chi connectivity index (χ1) is 17.1. The van der Waals surface area contributed by atoms with E-state index >= 15 is 0 Å². The quantitative estimate of drug-likeness (QED) is 0.259. The molecule has 0 bridgehead atoms. The molecule has 0 aliphatic heterocycles. The molecule has 10 heteroatoms. The summed E-state index contributed by atoms with van der Waals surface area (Å²) in [5.41, 5.74) is 0.862. The summed E-state index contributed by atoms with van der Waals surface area (Å²) in [7, 11) is 0. The summed E-state index contributed by atoms with van der Waals surface area (Å²) in [4.78, 5) is 63.3. The van der Waals surface area contributed by atoms with Crippen LogP contribution in [0.15, 0.2) is 30.3 Å². The van der Waals surface area contributed by atoms with E-state index in [2.05, 4.69) is 21.3 Å². The number of carbonyl (C=O) groups is 5. The Bertz CT molecular complexity index is 920. The topological polar surface area (TPSA) is 133 Å². The van der Waals surface area contributed by atoms with Crippen LogP contribution in [0, 0.1) is 5.92 Å². The summed E-state index contributed by atoms with van der Waals surface area (Å²) in [6, 6.07) is 6.51. The molecule has 36 heavy (non-hydrogen) atoms. The summed E-state index contributed by atoms with van der Waals surface area (Å²) < 4.78 is 0. The molecule has 0 aromatic heterocycles. The highest BCUT2D eigenvalue weighted by Crippen LogP contribution is 2.18. The van der Waals surface area contributed by atoms with Gasteiger partial charge in [-0.15, -0.1) is 0 Å². The van der Waals surface area contributed by atoms with Crippen molar-refractivity contribution >= 4 is 41.2 Å². The van der Waals surface area contributed by atoms with E-state index in [1.54, 1.807) is 0 Å². The van der Waals surface area contributed by atoms with Crippen LogP contribution in [0.5, 0.6) is 0 Å². The third-order valence-electron chi connectivity index (χ3n) is 5.70. The molecule has 0 heterocycles. The molecule has 0 unspecified atom stereocenters. The smallest absolute Gasteiger partial charge is 0.289 e. The Labute approximate surface area is 217 Å². The van der Waals surface area contributed by atoms with E-state index in [-0.39, 0.29) is 24.3 Å². The van der Waals surface area contributed by atoms with Gasteiger partial charge in [-0.25, -0.2) is 0 Å². The number of carbonyl (C=O) groups excluding carboxylic acids is 5. The molecule has 198 valence electrons. The second-order valence-electron chi connectivity index (χ2n) is 9.59. The first-order valence-electron chi connectivity index (χ1n) is 12.4. The molecule has 1 aliphatic carbocycles. The molecule has 4 amide bonds. The van der Waals surface area contributed by atoms with Crippen LogP contribution in [0.25, 0.3) is 0 Å². The zero-order chi connectivity index (χ0) is 26.7. The second-order valence-corrected chi connectivity index (χ2v) is 10.6. The van der Waals surface area contributed by atoms with Gasteiger partial charge in [0.25, 0.3) is 5.91 Å². The normalized spacial score (nSPS) is 15.4. The average Bonchev–Trinajstić information content (AvgIpc) is 3.64. The summed E-state index contributed by atoms with van der Waals surface area (Å²) in [6.07, 6.45) is 4.47. The van der Waals surface area contributed by atoms with E-state index in [9.17, 15) is 24.0 Å². The highest BCUT2D eigenvalue weighted by molar-refractivity contribution is 7.98. The fraction of sp³-hybridized carbons (Fsp3) is 0.577. The number of thioether (sulfide) groups is 1. The van der Waals surface area contributed by atoms with Crippen LogP contribution < -0.4 is 21.3 Å². The lowest BCUT2D eigenvalue weighted by atomic mass is 10.00. The molecular formula is C26H38N4O5S. The van der Waals surface area contributed by atoms with Gasteiger partial charge in [-0.05, 0) is 49.2 Å². The van der Waals surface area contributed by atoms with Crippen molar-refractivity contribution in [1.29, 1.82) is 0 Å². The van der Waals surface area contributed by atoms with Crippen LogP contribution in [0.3, 0.4) is 0 Å². The minimum absolute atomic E-state index is 0.0293. The van der Waals surface area contributed by atoms with Gasteiger partial charge in [0.05, 0.1) is 6.04 Å². The van der Waals surface area contributed by atoms with E-state index in [1.165, 1.54) is 18.7 Å². The Morgan fingerprint density at radius 1 is 0.917 bits per heavy atom. The molecule has 1 saturated carbocycles. The Morgan fingerprint density at radius 3 is 2.08 bits per heavy atom. The number of Topliss-reactive ketones (excluding diaryl/α,β-unsaturated/α-hetero) is 1. The predicted molar refractivity (Wildman–Crippen MR) is 140 cm³/mol. The Morgan fingerprint density at radius 2 is 1.53 bits per heavy atom. The molecule has 1 aromatic carbocycles. The fourth-order valence-electron chi connectivity index (χ4n) is 3.70. The molecule has 0 spiro atoms. The van der Waals surface area contributed by atoms with Crippen molar-refractivity contribution in [2.45, 2.75) is 77.0 Å². The predicted octanol–water partition coefficient (Wildman–Crippen LogP) is 1.35. The number of amides is 4. The summed E-state index contributed by atoms with van der Waals surface area (Å²) in [6.45, 7) is 5.17. The third kappa shape index (κ3) is 10.4. The van der Waals surface area contributed by atoms with E-state index in [0.29, 0.717) is 18.6 Å². The largest absolute Gasteiger partial charge is 0.347 e. The first-order valence-corrected chi connectivity index (χ1v) is 13.8. The number of hydrogen-bond donors (Lipinski definition) is 4. The standard InChI is InChI=1S/C26H38N4O5S/c1-16(2)14-21(30-25(34)22(27-17(3)31)15-18-8-6-5-7-9-18)24(33)29-20(12-13-36-4)23(32)26(35)28-19-10-11-19/h5-9,16,19-22H,10-15H2,1-4H3,(H,27,31)(H,28,35)(H,29,33)(H,30,34)/t20-,21-,22-/m0/s1.